The van der Waals surface area contributed by atoms with Gasteiger partial charge in [0.1, 0.15) is 18.1 Å². The first-order valence-corrected chi connectivity index (χ1v) is 12.5. The minimum Gasteiger partial charge on any atom is -0.387 e. The molecule has 1 aliphatic rings. The molecule has 0 saturated carbocycles. The van der Waals surface area contributed by atoms with Gasteiger partial charge in [-0.15, -0.1) is 0 Å². The average molecular weight is 418 g/mol. The zero-order chi connectivity index (χ0) is 20.1. The van der Waals surface area contributed by atoms with Gasteiger partial charge in [0.15, 0.2) is 6.29 Å². The molecule has 1 rings (SSSR count). The molecule has 0 aromatic heterocycles. The zero-order valence-electron chi connectivity index (χ0n) is 16.0. The van der Waals surface area contributed by atoms with Gasteiger partial charge in [-0.3, -0.25) is 9.13 Å². The van der Waals surface area contributed by atoms with Gasteiger partial charge in [-0.25, -0.2) is 0 Å². The van der Waals surface area contributed by atoms with Crippen LogP contribution in [0.4, 0.5) is 0 Å². The van der Waals surface area contributed by atoms with Gasteiger partial charge in [0, 0.05) is 6.16 Å². The molecule has 1 saturated heterocycles. The van der Waals surface area contributed by atoms with Crippen molar-refractivity contribution in [3.05, 3.63) is 0 Å². The maximum absolute atomic E-state index is 13.2. The Kier molecular flexibility index (Phi) is 9.41. The van der Waals surface area contributed by atoms with Crippen molar-refractivity contribution in [1.29, 1.82) is 0 Å². The molecule has 0 amide bonds. The van der Waals surface area contributed by atoms with Crippen LogP contribution >= 0.6 is 15.0 Å². The van der Waals surface area contributed by atoms with Crippen molar-refractivity contribution in [2.45, 2.75) is 77.8 Å². The minimum atomic E-state index is -3.67. The van der Waals surface area contributed by atoms with Gasteiger partial charge in [-0.2, -0.15) is 0 Å². The van der Waals surface area contributed by atoms with E-state index in [1.54, 1.807) is 34.6 Å². The van der Waals surface area contributed by atoms with Gasteiger partial charge in [-0.05, 0) is 41.0 Å². The van der Waals surface area contributed by atoms with Crippen molar-refractivity contribution >= 4 is 15.0 Å². The first-order chi connectivity index (χ1) is 11.9. The summed E-state index contributed by atoms with van der Waals surface area (Å²) in [7, 11) is -7.11. The van der Waals surface area contributed by atoms with E-state index in [4.69, 9.17) is 18.3 Å². The van der Waals surface area contributed by atoms with E-state index in [0.717, 1.165) is 0 Å². The van der Waals surface area contributed by atoms with Crippen molar-refractivity contribution in [3.63, 3.8) is 0 Å². The Hall–Kier alpha value is 0.180. The Labute approximate surface area is 155 Å². The minimum absolute atomic E-state index is 0.0515. The summed E-state index contributed by atoms with van der Waals surface area (Å²) in [5.41, 5.74) is 0. The molecule has 1 aliphatic heterocycles. The summed E-state index contributed by atoms with van der Waals surface area (Å²) in [6, 6.07) is 0. The van der Waals surface area contributed by atoms with Crippen molar-refractivity contribution in [2.24, 2.45) is 0 Å². The number of hydrogen-bond donors (Lipinski definition) is 3. The molecule has 9 nitrogen and oxygen atoms in total. The maximum atomic E-state index is 13.2. The highest BCUT2D eigenvalue weighted by atomic mass is 31.2. The molecule has 0 bridgehead atoms. The lowest BCUT2D eigenvalue weighted by Crippen LogP contribution is -2.32. The highest BCUT2D eigenvalue weighted by Crippen LogP contribution is 2.64. The molecular formula is C15H32O9P2. The van der Waals surface area contributed by atoms with Gasteiger partial charge in [0.25, 0.3) is 0 Å². The van der Waals surface area contributed by atoms with Gasteiger partial charge in [0.2, 0.25) is 7.37 Å². The number of hydrogen-bond acceptors (Lipinski definition) is 9. The molecule has 156 valence electrons. The van der Waals surface area contributed by atoms with E-state index in [2.05, 4.69) is 0 Å². The molecule has 5 atom stereocenters. The van der Waals surface area contributed by atoms with Crippen LogP contribution in [-0.2, 0) is 27.4 Å². The quantitative estimate of drug-likeness (QED) is 0.432. The second-order valence-electron chi connectivity index (χ2n) is 6.85. The Morgan fingerprint density at radius 1 is 1.00 bits per heavy atom. The molecule has 1 heterocycles. The molecule has 0 radical (unpaired) electrons. The highest BCUT2D eigenvalue weighted by molar-refractivity contribution is 7.73. The number of aliphatic hydroxyl groups is 3. The Balaban J connectivity index is 2.86. The molecule has 2 unspecified atom stereocenters. The topological polar surface area (TPSA) is 132 Å². The van der Waals surface area contributed by atoms with Crippen LogP contribution in [0.15, 0.2) is 0 Å². The lowest BCUT2D eigenvalue weighted by Gasteiger charge is -2.27. The summed E-state index contributed by atoms with van der Waals surface area (Å²) < 4.78 is 47.6. The molecule has 0 aromatic carbocycles. The second-order valence-corrected chi connectivity index (χ2v) is 12.0. The summed E-state index contributed by atoms with van der Waals surface area (Å²) in [6.07, 6.45) is -5.91. The van der Waals surface area contributed by atoms with Crippen molar-refractivity contribution in [1.82, 2.24) is 0 Å². The first-order valence-electron chi connectivity index (χ1n) is 8.79. The van der Waals surface area contributed by atoms with E-state index >= 15 is 0 Å². The first kappa shape index (κ1) is 24.2. The average Bonchev–Trinajstić information content (AvgIpc) is 2.70. The van der Waals surface area contributed by atoms with Gasteiger partial charge >= 0.3 is 7.60 Å². The van der Waals surface area contributed by atoms with Crippen LogP contribution in [0.3, 0.4) is 0 Å². The van der Waals surface area contributed by atoms with Gasteiger partial charge < -0.3 is 33.6 Å². The normalized spacial score (nSPS) is 29.5. The third-order valence-corrected chi connectivity index (χ3v) is 9.85. The Morgan fingerprint density at radius 3 is 1.92 bits per heavy atom. The van der Waals surface area contributed by atoms with Gasteiger partial charge in [-0.1, -0.05) is 0 Å². The monoisotopic (exact) mass is 418 g/mol. The van der Waals surface area contributed by atoms with E-state index in [1.807, 2.05) is 0 Å². The predicted octanol–water partition coefficient (Wildman–Crippen LogP) is 2.13. The Morgan fingerprint density at radius 2 is 1.54 bits per heavy atom. The lowest BCUT2D eigenvalue weighted by molar-refractivity contribution is -0.127. The van der Waals surface area contributed by atoms with E-state index in [9.17, 15) is 24.4 Å². The van der Waals surface area contributed by atoms with Crippen LogP contribution in [0.25, 0.3) is 0 Å². The molecular weight excluding hydrogens is 386 g/mol. The molecule has 26 heavy (non-hydrogen) atoms. The van der Waals surface area contributed by atoms with Crippen LogP contribution in [0.5, 0.6) is 0 Å². The third-order valence-electron chi connectivity index (χ3n) is 3.59. The number of rotatable bonds is 11. The summed E-state index contributed by atoms with van der Waals surface area (Å²) in [4.78, 5) is 0. The van der Waals surface area contributed by atoms with E-state index in [-0.39, 0.29) is 31.4 Å². The van der Waals surface area contributed by atoms with E-state index in [0.29, 0.717) is 0 Å². The Bertz CT molecular complexity index is 511. The van der Waals surface area contributed by atoms with Crippen LogP contribution in [0.1, 0.15) is 41.0 Å². The molecule has 1 fully saturated rings. The summed E-state index contributed by atoms with van der Waals surface area (Å²) >= 11 is 0. The second kappa shape index (κ2) is 10.1. The maximum Gasteiger partial charge on any atom is 0.340 e. The third kappa shape index (κ3) is 7.30. The highest BCUT2D eigenvalue weighted by Gasteiger charge is 2.44. The van der Waals surface area contributed by atoms with Gasteiger partial charge in [0.05, 0.1) is 24.9 Å². The standard InChI is InChI=1S/C15H32O9P2/c1-6-21-25(19,8-7-12-13(16)14(17)15(18)22-12)9-26(20,23-10(2)3)24-11(4)5/h10-18H,6-9H2,1-5H3/t12-,13-,14-,15?,25?/m1/s1. The SMILES string of the molecule is CCOP(=O)(CC[C@H]1OC(O)[C@H](O)[C@@H]1O)CP(=O)(OC(C)C)OC(C)C. The number of aliphatic hydroxyl groups excluding tert-OH is 3. The summed E-state index contributed by atoms with van der Waals surface area (Å²) in [6.45, 7) is 8.61. The zero-order valence-corrected chi connectivity index (χ0v) is 17.8. The summed E-state index contributed by atoms with van der Waals surface area (Å²) in [5.74, 6) is -0.391. The molecule has 11 heteroatoms. The van der Waals surface area contributed by atoms with E-state index < -0.39 is 45.5 Å². The smallest absolute Gasteiger partial charge is 0.340 e. The number of ether oxygens (including phenoxy) is 1. The fourth-order valence-electron chi connectivity index (χ4n) is 2.70. The summed E-state index contributed by atoms with van der Waals surface area (Å²) in [5, 5.41) is 28.8. The van der Waals surface area contributed by atoms with E-state index in [1.165, 1.54) is 0 Å². The van der Waals surface area contributed by atoms with Crippen LogP contribution in [-0.4, -0.2) is 70.8 Å². The van der Waals surface area contributed by atoms with Crippen molar-refractivity contribution in [2.75, 3.05) is 18.7 Å². The van der Waals surface area contributed by atoms with Crippen molar-refractivity contribution in [3.8, 4) is 0 Å². The molecule has 0 aliphatic carbocycles. The van der Waals surface area contributed by atoms with Crippen LogP contribution in [0, 0.1) is 0 Å². The predicted molar refractivity (Wildman–Crippen MR) is 96.5 cm³/mol. The fourth-order valence-corrected chi connectivity index (χ4v) is 8.82. The fraction of sp³-hybridized carbons (Fsp3) is 1.00. The largest absolute Gasteiger partial charge is 0.387 e. The molecule has 0 aromatic rings. The van der Waals surface area contributed by atoms with Crippen LogP contribution in [0.2, 0.25) is 0 Å². The molecule has 3 N–H and O–H groups in total. The lowest BCUT2D eigenvalue weighted by atomic mass is 10.1. The molecule has 0 spiro atoms. The van der Waals surface area contributed by atoms with Crippen LogP contribution < -0.4 is 0 Å². The van der Waals surface area contributed by atoms with Crippen molar-refractivity contribution < 1.29 is 42.8 Å².